The number of benzene rings is 1. The number of hydrogen-bond acceptors (Lipinski definition) is 4. The van der Waals surface area contributed by atoms with Crippen molar-refractivity contribution in [3.05, 3.63) is 39.4 Å². The van der Waals surface area contributed by atoms with Crippen LogP contribution in [0.15, 0.2) is 18.2 Å². The molecule has 1 saturated heterocycles. The number of aryl methyl sites for hydroxylation is 1. The highest BCUT2D eigenvalue weighted by Crippen LogP contribution is 2.30. The van der Waals surface area contributed by atoms with E-state index >= 15 is 0 Å². The minimum Gasteiger partial charge on any atom is -0.481 e. The minimum absolute atomic E-state index is 0.00761. The summed E-state index contributed by atoms with van der Waals surface area (Å²) < 4.78 is 0. The molecule has 24 heavy (non-hydrogen) atoms. The Morgan fingerprint density at radius 3 is 2.67 bits per heavy atom. The lowest BCUT2D eigenvalue weighted by molar-refractivity contribution is -0.385. The molecule has 1 aromatic carbocycles. The molecule has 2 amide bonds. The summed E-state index contributed by atoms with van der Waals surface area (Å²) in [5.74, 6) is -0.917. The second kappa shape index (κ2) is 6.46. The molecular weight excluding hydrogens is 314 g/mol. The first-order chi connectivity index (χ1) is 11.1. The third-order valence-electron chi connectivity index (χ3n) is 4.55. The number of likely N-dealkylation sites (tertiary alicyclic amines) is 1. The number of hydrogen-bond donors (Lipinski definition) is 2. The molecule has 0 spiro atoms. The molecule has 1 aliphatic heterocycles. The predicted molar refractivity (Wildman–Crippen MR) is 86.7 cm³/mol. The summed E-state index contributed by atoms with van der Waals surface area (Å²) >= 11 is 0. The summed E-state index contributed by atoms with van der Waals surface area (Å²) in [6.07, 6.45) is 0.403. The molecule has 2 N–H and O–H groups in total. The molecule has 2 rings (SSSR count). The monoisotopic (exact) mass is 335 g/mol. The Bertz CT molecular complexity index is 690. The zero-order valence-corrected chi connectivity index (χ0v) is 13.9. The van der Waals surface area contributed by atoms with Gasteiger partial charge in [0, 0.05) is 24.7 Å². The molecule has 1 heterocycles. The van der Waals surface area contributed by atoms with E-state index in [-0.39, 0.29) is 18.3 Å². The SMILES string of the molecule is Cc1ccc(C(C)NC(=O)N2CCC(C)(C(=O)O)C2)cc1[N+](=O)[O-]. The van der Waals surface area contributed by atoms with Crippen LogP contribution >= 0.6 is 0 Å². The van der Waals surface area contributed by atoms with Gasteiger partial charge in [-0.2, -0.15) is 0 Å². The molecule has 130 valence electrons. The standard InChI is InChI=1S/C16H21N3O5/c1-10-4-5-12(8-13(10)19(23)24)11(2)17-15(22)18-7-6-16(3,9-18)14(20)21/h4-5,8,11H,6-7,9H2,1-3H3,(H,17,22)(H,20,21). The van der Waals surface area contributed by atoms with Crippen molar-refractivity contribution >= 4 is 17.7 Å². The van der Waals surface area contributed by atoms with E-state index in [4.69, 9.17) is 0 Å². The van der Waals surface area contributed by atoms with Crippen molar-refractivity contribution in [2.24, 2.45) is 5.41 Å². The lowest BCUT2D eigenvalue weighted by Crippen LogP contribution is -2.41. The number of carbonyl (C=O) groups is 2. The number of urea groups is 1. The highest BCUT2D eigenvalue weighted by molar-refractivity contribution is 5.79. The fraction of sp³-hybridized carbons (Fsp3) is 0.500. The third-order valence-corrected chi connectivity index (χ3v) is 4.55. The Morgan fingerprint density at radius 2 is 2.12 bits per heavy atom. The van der Waals surface area contributed by atoms with Crippen LogP contribution in [0.2, 0.25) is 0 Å². The highest BCUT2D eigenvalue weighted by Gasteiger charge is 2.42. The number of carbonyl (C=O) groups excluding carboxylic acids is 1. The van der Waals surface area contributed by atoms with Gasteiger partial charge in [0.15, 0.2) is 0 Å². The Balaban J connectivity index is 2.06. The van der Waals surface area contributed by atoms with E-state index in [1.807, 2.05) is 0 Å². The zero-order chi connectivity index (χ0) is 18.1. The largest absolute Gasteiger partial charge is 0.481 e. The number of nitrogens with zero attached hydrogens (tertiary/aromatic N) is 2. The normalized spacial score (nSPS) is 21.4. The molecule has 1 aliphatic rings. The molecule has 0 radical (unpaired) electrons. The number of aliphatic carboxylic acids is 1. The number of nitro benzene ring substituents is 1. The van der Waals surface area contributed by atoms with Crippen molar-refractivity contribution in [1.82, 2.24) is 10.2 Å². The van der Waals surface area contributed by atoms with Gasteiger partial charge in [0.25, 0.3) is 5.69 Å². The molecule has 0 bridgehead atoms. The van der Waals surface area contributed by atoms with Gasteiger partial charge in [0.1, 0.15) is 0 Å². The van der Waals surface area contributed by atoms with E-state index in [0.717, 1.165) is 0 Å². The number of nitro groups is 1. The van der Waals surface area contributed by atoms with E-state index in [0.29, 0.717) is 24.1 Å². The van der Waals surface area contributed by atoms with E-state index in [2.05, 4.69) is 5.32 Å². The fourth-order valence-corrected chi connectivity index (χ4v) is 2.76. The number of carboxylic acids is 1. The van der Waals surface area contributed by atoms with Gasteiger partial charge in [-0.25, -0.2) is 4.79 Å². The Kier molecular flexibility index (Phi) is 4.77. The second-order valence-electron chi connectivity index (χ2n) is 6.51. The molecule has 0 saturated carbocycles. The molecular formula is C16H21N3O5. The fourth-order valence-electron chi connectivity index (χ4n) is 2.76. The summed E-state index contributed by atoms with van der Waals surface area (Å²) in [7, 11) is 0. The zero-order valence-electron chi connectivity index (χ0n) is 13.9. The smallest absolute Gasteiger partial charge is 0.317 e. The lowest BCUT2D eigenvalue weighted by Gasteiger charge is -2.23. The van der Waals surface area contributed by atoms with Gasteiger partial charge >= 0.3 is 12.0 Å². The Morgan fingerprint density at radius 1 is 1.46 bits per heavy atom. The maximum absolute atomic E-state index is 12.3. The van der Waals surface area contributed by atoms with Crippen LogP contribution in [0.3, 0.4) is 0 Å². The van der Waals surface area contributed by atoms with Gasteiger partial charge in [0.2, 0.25) is 0 Å². The van der Waals surface area contributed by atoms with Crippen molar-refractivity contribution in [2.75, 3.05) is 13.1 Å². The van der Waals surface area contributed by atoms with Crippen LogP contribution in [0.4, 0.5) is 10.5 Å². The summed E-state index contributed by atoms with van der Waals surface area (Å²) in [4.78, 5) is 35.6. The number of rotatable bonds is 4. The van der Waals surface area contributed by atoms with E-state index < -0.39 is 22.3 Å². The summed E-state index contributed by atoms with van der Waals surface area (Å²) in [6, 6.07) is 4.04. The van der Waals surface area contributed by atoms with Crippen molar-refractivity contribution in [3.63, 3.8) is 0 Å². The Hall–Kier alpha value is -2.64. The van der Waals surface area contributed by atoms with Gasteiger partial charge in [-0.3, -0.25) is 14.9 Å². The van der Waals surface area contributed by atoms with Crippen molar-refractivity contribution in [2.45, 2.75) is 33.2 Å². The summed E-state index contributed by atoms with van der Waals surface area (Å²) in [5, 5.41) is 23.0. The van der Waals surface area contributed by atoms with Crippen molar-refractivity contribution < 1.29 is 19.6 Å². The lowest BCUT2D eigenvalue weighted by atomic mass is 9.90. The molecule has 0 aliphatic carbocycles. The van der Waals surface area contributed by atoms with Gasteiger partial charge in [0.05, 0.1) is 16.4 Å². The van der Waals surface area contributed by atoms with Gasteiger partial charge in [-0.05, 0) is 32.8 Å². The molecule has 1 fully saturated rings. The maximum Gasteiger partial charge on any atom is 0.317 e. The predicted octanol–water partition coefficient (Wildman–Crippen LogP) is 2.47. The molecule has 8 heteroatoms. The maximum atomic E-state index is 12.3. The van der Waals surface area contributed by atoms with E-state index in [9.17, 15) is 24.8 Å². The first-order valence-electron chi connectivity index (χ1n) is 7.68. The summed E-state index contributed by atoms with van der Waals surface area (Å²) in [6.45, 7) is 5.53. The average Bonchev–Trinajstić information content (AvgIpc) is 2.91. The van der Waals surface area contributed by atoms with Crippen molar-refractivity contribution in [3.8, 4) is 0 Å². The highest BCUT2D eigenvalue weighted by atomic mass is 16.6. The summed E-state index contributed by atoms with van der Waals surface area (Å²) in [5.41, 5.74) is 0.261. The number of carboxylic acid groups (broad SMARTS) is 1. The van der Waals surface area contributed by atoms with Crippen LogP contribution in [-0.4, -0.2) is 40.0 Å². The average molecular weight is 335 g/mol. The van der Waals surface area contributed by atoms with Gasteiger partial charge in [-0.1, -0.05) is 12.1 Å². The van der Waals surface area contributed by atoms with Crippen molar-refractivity contribution in [1.29, 1.82) is 0 Å². The van der Waals surface area contributed by atoms with E-state index in [1.165, 1.54) is 11.0 Å². The first-order valence-corrected chi connectivity index (χ1v) is 7.68. The minimum atomic E-state index is -0.927. The molecule has 1 aromatic rings. The molecule has 8 nitrogen and oxygen atoms in total. The quantitative estimate of drug-likeness (QED) is 0.648. The molecule has 2 unspecified atom stereocenters. The topological polar surface area (TPSA) is 113 Å². The third kappa shape index (κ3) is 3.47. The van der Waals surface area contributed by atoms with Gasteiger partial charge in [-0.15, -0.1) is 0 Å². The van der Waals surface area contributed by atoms with Crippen LogP contribution in [0.5, 0.6) is 0 Å². The first kappa shape index (κ1) is 17.7. The van der Waals surface area contributed by atoms with Crippen LogP contribution in [0.25, 0.3) is 0 Å². The van der Waals surface area contributed by atoms with Gasteiger partial charge < -0.3 is 15.3 Å². The van der Waals surface area contributed by atoms with Crippen LogP contribution in [-0.2, 0) is 4.79 Å². The van der Waals surface area contributed by atoms with E-state index in [1.54, 1.807) is 32.9 Å². The molecule has 0 aromatic heterocycles. The van der Waals surface area contributed by atoms with Crippen LogP contribution in [0.1, 0.15) is 37.4 Å². The number of nitrogens with one attached hydrogen (secondary N) is 1. The van der Waals surface area contributed by atoms with Crippen LogP contribution in [0, 0.1) is 22.5 Å². The number of amides is 2. The second-order valence-corrected chi connectivity index (χ2v) is 6.51. The Labute approximate surface area is 139 Å². The molecule has 2 atom stereocenters. The van der Waals surface area contributed by atoms with Crippen LogP contribution < -0.4 is 5.32 Å².